The van der Waals surface area contributed by atoms with Gasteiger partial charge in [-0.15, -0.1) is 0 Å². The van der Waals surface area contributed by atoms with Gasteiger partial charge in [-0.25, -0.2) is 0 Å². The van der Waals surface area contributed by atoms with Gasteiger partial charge >= 0.3 is 0 Å². The Morgan fingerprint density at radius 1 is 1.00 bits per heavy atom. The second-order valence-electron chi connectivity index (χ2n) is 8.74. The number of aldehydes is 1. The van der Waals surface area contributed by atoms with Crippen LogP contribution < -0.4 is 10.5 Å². The Hall–Kier alpha value is -3.77. The molecule has 0 bridgehead atoms. The van der Waals surface area contributed by atoms with E-state index in [1.165, 1.54) is 11.8 Å². The molecule has 0 spiro atoms. The molecule has 0 unspecified atom stereocenters. The standard InChI is InChI=1S/C30H30N2O3S/c1-4-5-13-25-27(32(3)26-14-9-6-10-20(26)2)28(34)29(30(35)31-25)36-23-17-15-21(16-18-23)24-12-8-7-11-22(24)19-33/h6-12,14-19H,4-5,13H2,1-3H3,(H2,31,34,35). The van der Waals surface area contributed by atoms with Crippen LogP contribution in [0.25, 0.3) is 11.1 Å². The summed E-state index contributed by atoms with van der Waals surface area (Å²) in [5.41, 5.74) is 5.48. The lowest BCUT2D eigenvalue weighted by Gasteiger charge is -2.26. The van der Waals surface area contributed by atoms with Gasteiger partial charge in [-0.05, 0) is 54.7 Å². The molecule has 0 fully saturated rings. The number of anilines is 2. The molecule has 2 N–H and O–H groups in total. The highest BCUT2D eigenvalue weighted by Crippen LogP contribution is 2.42. The first-order valence-electron chi connectivity index (χ1n) is 12.0. The number of unbranched alkanes of at least 4 members (excludes halogenated alkanes) is 1. The molecule has 3 aromatic carbocycles. The van der Waals surface area contributed by atoms with Crippen LogP contribution in [0.4, 0.5) is 11.4 Å². The number of aromatic amines is 1. The number of para-hydroxylation sites is 1. The van der Waals surface area contributed by atoms with Crippen LogP contribution in [0.1, 0.15) is 41.4 Å². The van der Waals surface area contributed by atoms with E-state index in [2.05, 4.69) is 11.9 Å². The highest BCUT2D eigenvalue weighted by atomic mass is 32.2. The lowest BCUT2D eigenvalue weighted by Crippen LogP contribution is -2.20. The van der Waals surface area contributed by atoms with Gasteiger partial charge in [0.05, 0.1) is 0 Å². The molecule has 0 aliphatic carbocycles. The van der Waals surface area contributed by atoms with Gasteiger partial charge in [0.15, 0.2) is 12.0 Å². The van der Waals surface area contributed by atoms with Crippen molar-refractivity contribution in [2.75, 3.05) is 11.9 Å². The Labute approximate surface area is 215 Å². The minimum absolute atomic E-state index is 0.0176. The van der Waals surface area contributed by atoms with E-state index in [4.69, 9.17) is 0 Å². The van der Waals surface area contributed by atoms with Gasteiger partial charge < -0.3 is 15.0 Å². The summed E-state index contributed by atoms with van der Waals surface area (Å²) in [4.78, 5) is 30.6. The molecule has 6 heteroatoms. The summed E-state index contributed by atoms with van der Waals surface area (Å²) in [6, 6.07) is 23.1. The Kier molecular flexibility index (Phi) is 7.96. The predicted octanol–water partition coefficient (Wildman–Crippen LogP) is 7.13. The number of carbonyl (C=O) groups is 1. The number of pyridine rings is 1. The third-order valence-electron chi connectivity index (χ3n) is 6.26. The molecule has 36 heavy (non-hydrogen) atoms. The molecule has 0 saturated heterocycles. The van der Waals surface area contributed by atoms with Crippen molar-refractivity contribution in [1.82, 2.24) is 4.98 Å². The van der Waals surface area contributed by atoms with Gasteiger partial charge in [0, 0.05) is 28.9 Å². The van der Waals surface area contributed by atoms with Gasteiger partial charge in [0.1, 0.15) is 10.6 Å². The Balaban J connectivity index is 1.73. The number of carbonyl (C=O) groups excluding carboxylic acids is 1. The van der Waals surface area contributed by atoms with Crippen LogP contribution >= 0.6 is 11.8 Å². The Morgan fingerprint density at radius 2 is 1.69 bits per heavy atom. The van der Waals surface area contributed by atoms with Crippen molar-refractivity contribution in [3.8, 4) is 16.9 Å². The van der Waals surface area contributed by atoms with Crippen LogP contribution in [0.15, 0.2) is 87.4 Å². The molecule has 0 aliphatic rings. The predicted molar refractivity (Wildman–Crippen MR) is 148 cm³/mol. The van der Waals surface area contributed by atoms with Crippen LogP contribution in [0.5, 0.6) is 5.75 Å². The van der Waals surface area contributed by atoms with Gasteiger partial charge in [0.25, 0.3) is 5.56 Å². The summed E-state index contributed by atoms with van der Waals surface area (Å²) in [5, 5.41) is 11.4. The Bertz CT molecular complexity index is 1430. The molecular formula is C30H30N2O3S. The van der Waals surface area contributed by atoms with Crippen LogP contribution in [-0.4, -0.2) is 23.4 Å². The van der Waals surface area contributed by atoms with Crippen molar-refractivity contribution >= 4 is 29.4 Å². The average Bonchev–Trinajstić information content (AvgIpc) is 2.90. The largest absolute Gasteiger partial charge is 0.504 e. The zero-order valence-electron chi connectivity index (χ0n) is 20.7. The molecule has 0 saturated carbocycles. The van der Waals surface area contributed by atoms with Crippen molar-refractivity contribution < 1.29 is 9.90 Å². The number of hydrogen-bond acceptors (Lipinski definition) is 5. The molecule has 0 radical (unpaired) electrons. The van der Waals surface area contributed by atoms with Crippen LogP contribution in [0.2, 0.25) is 0 Å². The van der Waals surface area contributed by atoms with E-state index in [-0.39, 0.29) is 16.2 Å². The normalized spacial score (nSPS) is 10.9. The molecule has 1 heterocycles. The molecule has 0 atom stereocenters. The monoisotopic (exact) mass is 498 g/mol. The fourth-order valence-electron chi connectivity index (χ4n) is 4.34. The van der Waals surface area contributed by atoms with Crippen molar-refractivity contribution in [1.29, 1.82) is 0 Å². The maximum absolute atomic E-state index is 13.1. The van der Waals surface area contributed by atoms with E-state index in [1.807, 2.05) is 85.6 Å². The third kappa shape index (κ3) is 5.24. The topological polar surface area (TPSA) is 73.4 Å². The molecular weight excluding hydrogens is 468 g/mol. The first-order valence-corrected chi connectivity index (χ1v) is 12.9. The lowest BCUT2D eigenvalue weighted by atomic mass is 10.0. The van der Waals surface area contributed by atoms with Gasteiger partial charge in [0.2, 0.25) is 0 Å². The molecule has 4 aromatic rings. The second-order valence-corrected chi connectivity index (χ2v) is 9.82. The minimum Gasteiger partial charge on any atom is -0.504 e. The number of aromatic nitrogens is 1. The second kappa shape index (κ2) is 11.3. The van der Waals surface area contributed by atoms with E-state index in [0.29, 0.717) is 17.7 Å². The van der Waals surface area contributed by atoms with Crippen LogP contribution in [0, 0.1) is 6.92 Å². The van der Waals surface area contributed by atoms with Crippen LogP contribution in [0.3, 0.4) is 0 Å². The molecule has 1 aromatic heterocycles. The van der Waals surface area contributed by atoms with E-state index >= 15 is 0 Å². The fraction of sp³-hybridized carbons (Fsp3) is 0.200. The summed E-state index contributed by atoms with van der Waals surface area (Å²) in [6.45, 7) is 4.13. The van der Waals surface area contributed by atoms with Gasteiger partial charge in [-0.2, -0.15) is 0 Å². The van der Waals surface area contributed by atoms with Gasteiger partial charge in [-0.3, -0.25) is 9.59 Å². The van der Waals surface area contributed by atoms with Crippen molar-refractivity contribution in [2.45, 2.75) is 42.9 Å². The summed E-state index contributed by atoms with van der Waals surface area (Å²) in [6.07, 6.45) is 3.40. The zero-order chi connectivity index (χ0) is 25.7. The molecule has 4 rings (SSSR count). The Morgan fingerprint density at radius 3 is 2.39 bits per heavy atom. The molecule has 0 aliphatic heterocycles. The summed E-state index contributed by atoms with van der Waals surface area (Å²) in [5.74, 6) is -0.0176. The van der Waals surface area contributed by atoms with E-state index in [0.717, 1.165) is 52.1 Å². The zero-order valence-corrected chi connectivity index (χ0v) is 21.6. The summed E-state index contributed by atoms with van der Waals surface area (Å²) >= 11 is 1.23. The van der Waals surface area contributed by atoms with Crippen molar-refractivity contribution in [3.63, 3.8) is 0 Å². The summed E-state index contributed by atoms with van der Waals surface area (Å²) in [7, 11) is 1.92. The number of nitrogens with zero attached hydrogens (tertiary/aromatic N) is 1. The summed E-state index contributed by atoms with van der Waals surface area (Å²) < 4.78 is 0. The highest BCUT2D eigenvalue weighted by molar-refractivity contribution is 7.99. The van der Waals surface area contributed by atoms with E-state index in [9.17, 15) is 14.7 Å². The number of aromatic hydroxyl groups is 1. The number of H-pyrrole nitrogens is 1. The lowest BCUT2D eigenvalue weighted by molar-refractivity contribution is 0.112. The molecule has 0 amide bonds. The fourth-order valence-corrected chi connectivity index (χ4v) is 5.19. The minimum atomic E-state index is -0.305. The number of rotatable bonds is 9. The third-order valence-corrected chi connectivity index (χ3v) is 7.35. The maximum atomic E-state index is 13.1. The van der Waals surface area contributed by atoms with Gasteiger partial charge in [-0.1, -0.05) is 79.7 Å². The van der Waals surface area contributed by atoms with E-state index in [1.54, 1.807) is 6.07 Å². The smallest absolute Gasteiger partial charge is 0.266 e. The SMILES string of the molecule is CCCCc1[nH]c(=O)c(Sc2ccc(-c3ccccc3C=O)cc2)c(O)c1N(C)c1ccccc1C. The quantitative estimate of drug-likeness (QED) is 0.240. The molecule has 184 valence electrons. The number of benzene rings is 3. The number of aryl methyl sites for hydroxylation is 2. The average molecular weight is 499 g/mol. The first-order chi connectivity index (χ1) is 17.4. The number of nitrogens with one attached hydrogen (secondary N) is 1. The highest BCUT2D eigenvalue weighted by Gasteiger charge is 2.22. The number of hydrogen-bond donors (Lipinski definition) is 2. The van der Waals surface area contributed by atoms with Crippen molar-refractivity contribution in [2.24, 2.45) is 0 Å². The maximum Gasteiger partial charge on any atom is 0.266 e. The van der Waals surface area contributed by atoms with Crippen LogP contribution in [-0.2, 0) is 6.42 Å². The van der Waals surface area contributed by atoms with Crippen molar-refractivity contribution in [3.05, 3.63) is 100.0 Å². The van der Waals surface area contributed by atoms with E-state index < -0.39 is 0 Å². The molecule has 5 nitrogen and oxygen atoms in total. The first kappa shape index (κ1) is 25.3.